The van der Waals surface area contributed by atoms with Crippen LogP contribution in [-0.4, -0.2) is 37.3 Å². The number of nitrogens with zero attached hydrogens (tertiary/aromatic N) is 1. The SMILES string of the molecule is CN(C)CCCC1(O)c2ccc(Cl)cc2OCCC1c1ccccc1. The van der Waals surface area contributed by atoms with Crippen molar-refractivity contribution in [1.29, 1.82) is 0 Å². The fourth-order valence-electron chi connectivity index (χ4n) is 3.79. The Morgan fingerprint density at radius 3 is 2.68 bits per heavy atom. The zero-order valence-electron chi connectivity index (χ0n) is 14.9. The monoisotopic (exact) mass is 359 g/mol. The Bertz CT molecular complexity index is 704. The molecular formula is C21H26ClNO2. The van der Waals surface area contributed by atoms with Gasteiger partial charge in [-0.3, -0.25) is 0 Å². The molecule has 3 nitrogen and oxygen atoms in total. The van der Waals surface area contributed by atoms with E-state index < -0.39 is 5.60 Å². The van der Waals surface area contributed by atoms with Crippen LogP contribution >= 0.6 is 11.6 Å². The molecule has 0 saturated heterocycles. The van der Waals surface area contributed by atoms with Gasteiger partial charge in [0.2, 0.25) is 0 Å². The van der Waals surface area contributed by atoms with Crippen LogP contribution in [0.25, 0.3) is 0 Å². The highest BCUT2D eigenvalue weighted by molar-refractivity contribution is 6.30. The van der Waals surface area contributed by atoms with Gasteiger partial charge in [-0.1, -0.05) is 48.0 Å². The minimum Gasteiger partial charge on any atom is -0.493 e. The van der Waals surface area contributed by atoms with Gasteiger partial charge in [0.1, 0.15) is 11.4 Å². The third-order valence-corrected chi connectivity index (χ3v) is 5.25. The Hall–Kier alpha value is -1.55. The van der Waals surface area contributed by atoms with E-state index in [1.807, 2.05) is 36.4 Å². The molecule has 2 unspecified atom stereocenters. The summed E-state index contributed by atoms with van der Waals surface area (Å²) in [5.74, 6) is 0.705. The number of halogens is 1. The molecule has 0 fully saturated rings. The molecule has 2 aromatic carbocycles. The van der Waals surface area contributed by atoms with Gasteiger partial charge in [0, 0.05) is 16.5 Å². The molecule has 1 aliphatic rings. The predicted molar refractivity (Wildman–Crippen MR) is 102 cm³/mol. The van der Waals surface area contributed by atoms with Crippen LogP contribution in [0.1, 0.15) is 36.3 Å². The van der Waals surface area contributed by atoms with Crippen LogP contribution in [-0.2, 0) is 5.60 Å². The molecule has 0 radical (unpaired) electrons. The first-order valence-electron chi connectivity index (χ1n) is 8.85. The lowest BCUT2D eigenvalue weighted by Gasteiger charge is -2.36. The standard InChI is InChI=1S/C21H26ClNO2/c1-23(2)13-6-12-21(24)18(16-7-4-3-5-8-16)11-14-25-20-15-17(22)9-10-19(20)21/h3-5,7-10,15,18,24H,6,11-14H2,1-2H3. The minimum atomic E-state index is -0.964. The number of benzene rings is 2. The number of ether oxygens (including phenoxy) is 1. The van der Waals surface area contributed by atoms with Crippen molar-refractivity contribution >= 4 is 11.6 Å². The zero-order valence-corrected chi connectivity index (χ0v) is 15.7. The van der Waals surface area contributed by atoms with Crippen molar-refractivity contribution in [2.24, 2.45) is 0 Å². The highest BCUT2D eigenvalue weighted by Gasteiger charge is 2.42. The molecule has 0 bridgehead atoms. The van der Waals surface area contributed by atoms with Gasteiger partial charge in [-0.05, 0) is 57.6 Å². The number of hydrogen-bond donors (Lipinski definition) is 1. The summed E-state index contributed by atoms with van der Waals surface area (Å²) in [5, 5.41) is 12.5. The summed E-state index contributed by atoms with van der Waals surface area (Å²) in [6.07, 6.45) is 2.37. The van der Waals surface area contributed by atoms with E-state index in [-0.39, 0.29) is 5.92 Å². The lowest BCUT2D eigenvalue weighted by Crippen LogP contribution is -2.34. The van der Waals surface area contributed by atoms with E-state index in [0.29, 0.717) is 23.8 Å². The van der Waals surface area contributed by atoms with Crippen LogP contribution in [0.4, 0.5) is 0 Å². The summed E-state index contributed by atoms with van der Waals surface area (Å²) in [4.78, 5) is 2.15. The van der Waals surface area contributed by atoms with Gasteiger partial charge >= 0.3 is 0 Å². The molecule has 0 spiro atoms. The summed E-state index contributed by atoms with van der Waals surface area (Å²) in [7, 11) is 4.12. The first kappa shape index (κ1) is 18.2. The molecule has 3 rings (SSSR count). The second-order valence-electron chi connectivity index (χ2n) is 7.07. The minimum absolute atomic E-state index is 0.00159. The third kappa shape index (κ3) is 4.00. The molecule has 1 N–H and O–H groups in total. The van der Waals surface area contributed by atoms with Crippen molar-refractivity contribution in [3.8, 4) is 5.75 Å². The maximum absolute atomic E-state index is 11.9. The van der Waals surface area contributed by atoms with Gasteiger partial charge in [-0.2, -0.15) is 0 Å². The molecule has 0 saturated carbocycles. The van der Waals surface area contributed by atoms with Crippen molar-refractivity contribution in [3.63, 3.8) is 0 Å². The Morgan fingerprint density at radius 2 is 1.96 bits per heavy atom. The Morgan fingerprint density at radius 1 is 1.20 bits per heavy atom. The summed E-state index contributed by atoms with van der Waals surface area (Å²) < 4.78 is 5.95. The fraction of sp³-hybridized carbons (Fsp3) is 0.429. The van der Waals surface area contributed by atoms with Gasteiger partial charge in [0.05, 0.1) is 6.61 Å². The highest BCUT2D eigenvalue weighted by atomic mass is 35.5. The Labute approximate surface area is 155 Å². The van der Waals surface area contributed by atoms with Crippen molar-refractivity contribution in [2.75, 3.05) is 27.2 Å². The summed E-state index contributed by atoms with van der Waals surface area (Å²) >= 11 is 6.15. The molecule has 25 heavy (non-hydrogen) atoms. The van der Waals surface area contributed by atoms with Gasteiger partial charge in [-0.25, -0.2) is 0 Å². The quantitative estimate of drug-likeness (QED) is 0.856. The van der Waals surface area contributed by atoms with Gasteiger partial charge < -0.3 is 14.7 Å². The lowest BCUT2D eigenvalue weighted by molar-refractivity contribution is -0.00492. The average Bonchev–Trinajstić information content (AvgIpc) is 2.72. The van der Waals surface area contributed by atoms with Crippen molar-refractivity contribution in [2.45, 2.75) is 30.8 Å². The van der Waals surface area contributed by atoms with E-state index in [9.17, 15) is 5.11 Å². The number of fused-ring (bicyclic) bond motifs is 1. The van der Waals surface area contributed by atoms with Gasteiger partial charge in [0.25, 0.3) is 0 Å². The molecule has 0 aliphatic carbocycles. The van der Waals surface area contributed by atoms with Crippen LogP contribution in [0.3, 0.4) is 0 Å². The second-order valence-corrected chi connectivity index (χ2v) is 7.51. The average molecular weight is 360 g/mol. The molecule has 4 heteroatoms. The molecule has 2 aromatic rings. The topological polar surface area (TPSA) is 32.7 Å². The van der Waals surface area contributed by atoms with E-state index in [2.05, 4.69) is 31.1 Å². The summed E-state index contributed by atoms with van der Waals surface area (Å²) in [5.41, 5.74) is 1.04. The lowest BCUT2D eigenvalue weighted by atomic mass is 9.73. The zero-order chi connectivity index (χ0) is 17.9. The van der Waals surface area contributed by atoms with E-state index in [4.69, 9.17) is 16.3 Å². The molecule has 134 valence electrons. The van der Waals surface area contributed by atoms with Crippen molar-refractivity contribution in [1.82, 2.24) is 4.90 Å². The number of rotatable bonds is 5. The summed E-state index contributed by atoms with van der Waals surface area (Å²) in [6, 6.07) is 15.9. The Kier molecular flexibility index (Phi) is 5.67. The van der Waals surface area contributed by atoms with E-state index in [1.54, 1.807) is 0 Å². The summed E-state index contributed by atoms with van der Waals surface area (Å²) in [6.45, 7) is 1.51. The van der Waals surface area contributed by atoms with Crippen molar-refractivity contribution in [3.05, 3.63) is 64.7 Å². The molecule has 0 amide bonds. The van der Waals surface area contributed by atoms with Crippen LogP contribution in [0.15, 0.2) is 48.5 Å². The smallest absolute Gasteiger partial charge is 0.126 e. The first-order chi connectivity index (χ1) is 12.0. The van der Waals surface area contributed by atoms with Gasteiger partial charge in [-0.15, -0.1) is 0 Å². The predicted octanol–water partition coefficient (Wildman–Crippen LogP) is 4.44. The number of hydrogen-bond acceptors (Lipinski definition) is 3. The van der Waals surface area contributed by atoms with E-state index in [0.717, 1.165) is 30.5 Å². The number of aliphatic hydroxyl groups is 1. The van der Waals surface area contributed by atoms with E-state index >= 15 is 0 Å². The molecule has 1 aliphatic heterocycles. The van der Waals surface area contributed by atoms with Crippen LogP contribution in [0, 0.1) is 0 Å². The third-order valence-electron chi connectivity index (χ3n) is 5.02. The van der Waals surface area contributed by atoms with Crippen LogP contribution in [0.2, 0.25) is 5.02 Å². The van der Waals surface area contributed by atoms with Crippen LogP contribution < -0.4 is 4.74 Å². The maximum Gasteiger partial charge on any atom is 0.126 e. The molecule has 2 atom stereocenters. The van der Waals surface area contributed by atoms with Crippen molar-refractivity contribution < 1.29 is 9.84 Å². The normalized spacial score (nSPS) is 23.0. The van der Waals surface area contributed by atoms with Gasteiger partial charge in [0.15, 0.2) is 0 Å². The Balaban J connectivity index is 2.03. The molecule has 0 aromatic heterocycles. The van der Waals surface area contributed by atoms with E-state index in [1.165, 1.54) is 0 Å². The maximum atomic E-state index is 11.9. The highest BCUT2D eigenvalue weighted by Crippen LogP contribution is 2.48. The molecule has 1 heterocycles. The largest absolute Gasteiger partial charge is 0.493 e. The first-order valence-corrected chi connectivity index (χ1v) is 9.23. The molecular weight excluding hydrogens is 334 g/mol. The second kappa shape index (κ2) is 7.77. The fourth-order valence-corrected chi connectivity index (χ4v) is 3.95. The van der Waals surface area contributed by atoms with Crippen LogP contribution in [0.5, 0.6) is 5.75 Å².